The van der Waals surface area contributed by atoms with E-state index >= 15 is 0 Å². The summed E-state index contributed by atoms with van der Waals surface area (Å²) < 4.78 is 70.8. The van der Waals surface area contributed by atoms with Crippen molar-refractivity contribution in [1.82, 2.24) is 9.62 Å². The molecule has 0 saturated carbocycles. The first-order chi connectivity index (χ1) is 16.6. The number of sulfonamides is 1. The van der Waals surface area contributed by atoms with Gasteiger partial charge in [-0.25, -0.2) is 8.42 Å². The van der Waals surface area contributed by atoms with E-state index in [-0.39, 0.29) is 24.0 Å². The van der Waals surface area contributed by atoms with Gasteiger partial charge in [0.05, 0.1) is 10.5 Å². The minimum Gasteiger partial charge on any atom is -0.489 e. The van der Waals surface area contributed by atoms with Crippen molar-refractivity contribution in [3.05, 3.63) is 82.0 Å². The molecule has 2 heterocycles. The van der Waals surface area contributed by atoms with Crippen molar-refractivity contribution in [3.8, 4) is 5.75 Å². The third-order valence-corrected chi connectivity index (χ3v) is 8.40. The quantitative estimate of drug-likeness (QED) is 0.459. The summed E-state index contributed by atoms with van der Waals surface area (Å²) in [5, 5.41) is 6.04. The highest BCUT2D eigenvalue weighted by Crippen LogP contribution is 2.30. The number of hydrogen-bond acceptors (Lipinski definition) is 5. The number of amides is 1. The molecule has 1 aliphatic rings. The van der Waals surface area contributed by atoms with Gasteiger partial charge in [-0.15, -0.1) is 0 Å². The minimum absolute atomic E-state index is 0.0887. The number of halogens is 3. The van der Waals surface area contributed by atoms with Crippen molar-refractivity contribution < 1.29 is 31.1 Å². The lowest BCUT2D eigenvalue weighted by Crippen LogP contribution is -2.45. The fourth-order valence-corrected chi connectivity index (χ4v) is 6.50. The maximum Gasteiger partial charge on any atom is 0.416 e. The Morgan fingerprint density at radius 1 is 1.11 bits per heavy atom. The highest BCUT2D eigenvalue weighted by Gasteiger charge is 2.39. The van der Waals surface area contributed by atoms with Gasteiger partial charge < -0.3 is 10.1 Å². The summed E-state index contributed by atoms with van der Waals surface area (Å²) in [4.78, 5) is 13.0. The second-order valence-corrected chi connectivity index (χ2v) is 10.8. The first kappa shape index (κ1) is 25.2. The third-order valence-electron chi connectivity index (χ3n) is 5.66. The Hall–Kier alpha value is -2.89. The third kappa shape index (κ3) is 6.03. The van der Waals surface area contributed by atoms with E-state index in [2.05, 4.69) is 5.32 Å². The maximum absolute atomic E-state index is 12.9. The minimum atomic E-state index is -4.39. The van der Waals surface area contributed by atoms with Gasteiger partial charge in [-0.05, 0) is 59.7 Å². The van der Waals surface area contributed by atoms with Crippen molar-refractivity contribution in [1.29, 1.82) is 0 Å². The Bertz CT molecular complexity index is 1260. The summed E-state index contributed by atoms with van der Waals surface area (Å²) in [6.45, 7) is 0.564. The van der Waals surface area contributed by atoms with Crippen LogP contribution in [0.4, 0.5) is 13.2 Å². The predicted molar refractivity (Wildman–Crippen MR) is 125 cm³/mol. The molecule has 1 N–H and O–H groups in total. The Kier molecular flexibility index (Phi) is 7.48. The van der Waals surface area contributed by atoms with Crippen LogP contribution in [0, 0.1) is 0 Å². The number of alkyl halides is 3. The fourth-order valence-electron chi connectivity index (χ4n) is 3.83. The highest BCUT2D eigenvalue weighted by molar-refractivity contribution is 7.89. The number of nitrogens with zero attached hydrogens (tertiary/aromatic N) is 1. The average Bonchev–Trinajstić information content (AvgIpc) is 3.54. The maximum atomic E-state index is 12.9. The summed E-state index contributed by atoms with van der Waals surface area (Å²) in [5.41, 5.74) is 0.612. The molecule has 1 fully saturated rings. The molecule has 1 amide bonds. The van der Waals surface area contributed by atoms with Crippen LogP contribution in [0.25, 0.3) is 0 Å². The van der Waals surface area contributed by atoms with Gasteiger partial charge >= 0.3 is 6.18 Å². The lowest BCUT2D eigenvalue weighted by molar-refractivity contribution is -0.137. The van der Waals surface area contributed by atoms with Gasteiger partial charge in [0.25, 0.3) is 0 Å². The van der Waals surface area contributed by atoms with Crippen LogP contribution >= 0.6 is 11.3 Å². The highest BCUT2D eigenvalue weighted by atomic mass is 32.2. The fraction of sp³-hybridized carbons (Fsp3) is 0.292. The summed E-state index contributed by atoms with van der Waals surface area (Å²) >= 11 is 1.28. The Morgan fingerprint density at radius 3 is 2.57 bits per heavy atom. The smallest absolute Gasteiger partial charge is 0.416 e. The second kappa shape index (κ2) is 10.4. The largest absolute Gasteiger partial charge is 0.489 e. The average molecular weight is 525 g/mol. The van der Waals surface area contributed by atoms with E-state index in [1.54, 1.807) is 35.0 Å². The molecule has 6 nitrogen and oxygen atoms in total. The van der Waals surface area contributed by atoms with Gasteiger partial charge in [-0.3, -0.25) is 4.79 Å². The number of carbonyl (C=O) groups excluding carboxylic acids is 1. The van der Waals surface area contributed by atoms with Crippen LogP contribution in [0.1, 0.15) is 29.5 Å². The number of ether oxygens (including phenoxy) is 1. The molecule has 0 unspecified atom stereocenters. The summed E-state index contributed by atoms with van der Waals surface area (Å²) in [6, 6.07) is 12.5. The monoisotopic (exact) mass is 524 g/mol. The zero-order valence-electron chi connectivity index (χ0n) is 18.5. The molecule has 1 atom stereocenters. The van der Waals surface area contributed by atoms with Crippen LogP contribution in [-0.4, -0.2) is 31.2 Å². The molecule has 0 radical (unpaired) electrons. The van der Waals surface area contributed by atoms with E-state index in [1.807, 2.05) is 0 Å². The van der Waals surface area contributed by atoms with Crippen molar-refractivity contribution in [2.75, 3.05) is 6.54 Å². The van der Waals surface area contributed by atoms with Crippen LogP contribution in [0.15, 0.2) is 70.3 Å². The molecule has 2 aromatic carbocycles. The van der Waals surface area contributed by atoms with Gasteiger partial charge in [0, 0.05) is 18.5 Å². The molecule has 186 valence electrons. The van der Waals surface area contributed by atoms with Gasteiger partial charge in [0.15, 0.2) is 0 Å². The van der Waals surface area contributed by atoms with E-state index in [9.17, 15) is 26.4 Å². The zero-order valence-corrected chi connectivity index (χ0v) is 20.1. The van der Waals surface area contributed by atoms with E-state index in [4.69, 9.17) is 4.74 Å². The Morgan fingerprint density at radius 2 is 1.89 bits per heavy atom. The molecule has 3 aromatic rings. The van der Waals surface area contributed by atoms with Gasteiger partial charge in [-0.1, -0.05) is 24.3 Å². The molecule has 1 aliphatic heterocycles. The van der Waals surface area contributed by atoms with E-state index < -0.39 is 27.8 Å². The number of rotatable bonds is 8. The molecule has 35 heavy (non-hydrogen) atoms. The molecule has 1 aromatic heterocycles. The van der Waals surface area contributed by atoms with Gasteiger partial charge in [-0.2, -0.15) is 28.8 Å². The molecule has 0 spiro atoms. The van der Waals surface area contributed by atoms with Crippen LogP contribution in [-0.2, 0) is 34.1 Å². The number of benzene rings is 2. The number of thiophene rings is 1. The van der Waals surface area contributed by atoms with E-state index in [1.165, 1.54) is 33.8 Å². The molecule has 4 rings (SSSR count). The molecular formula is C24H23F3N2O4S2. The van der Waals surface area contributed by atoms with Crippen LogP contribution in [0.2, 0.25) is 0 Å². The summed E-state index contributed by atoms with van der Waals surface area (Å²) in [5.74, 6) is 0.136. The van der Waals surface area contributed by atoms with Crippen LogP contribution in [0.3, 0.4) is 0 Å². The van der Waals surface area contributed by atoms with Crippen molar-refractivity contribution in [2.24, 2.45) is 0 Å². The Balaban J connectivity index is 1.33. The van der Waals surface area contributed by atoms with Crippen molar-refractivity contribution in [2.45, 2.75) is 43.1 Å². The zero-order chi connectivity index (χ0) is 25.1. The molecule has 1 saturated heterocycles. The van der Waals surface area contributed by atoms with Crippen LogP contribution < -0.4 is 10.1 Å². The molecule has 0 bridgehead atoms. The molecule has 0 aliphatic carbocycles. The summed E-state index contributed by atoms with van der Waals surface area (Å²) in [6.07, 6.45) is -3.33. The first-order valence-corrected chi connectivity index (χ1v) is 13.2. The number of hydrogen-bond donors (Lipinski definition) is 1. The summed E-state index contributed by atoms with van der Waals surface area (Å²) in [7, 11) is -3.72. The van der Waals surface area contributed by atoms with Gasteiger partial charge in [0.1, 0.15) is 18.4 Å². The van der Waals surface area contributed by atoms with Crippen LogP contribution in [0.5, 0.6) is 5.75 Å². The standard InChI is InChI=1S/C24H23F3N2O4S2/c25-24(26,27)19-8-6-17(7-9-19)15-33-20-4-1-3-18(13-20)14-28-23(30)22-5-2-11-29(22)35(31,32)21-10-12-34-16-21/h1,3-4,6-10,12-13,16,22H,2,5,11,14-15H2,(H,28,30)/t22-/m0/s1. The van der Waals surface area contributed by atoms with E-state index in [0.29, 0.717) is 30.7 Å². The SMILES string of the molecule is O=C(NCc1cccc(OCc2ccc(C(F)(F)F)cc2)c1)[C@@H]1CCCN1S(=O)(=O)c1ccsc1. The number of carbonyl (C=O) groups is 1. The van der Waals surface area contributed by atoms with E-state index in [0.717, 1.165) is 17.7 Å². The number of nitrogens with one attached hydrogen (secondary N) is 1. The molecule has 11 heteroatoms. The lowest BCUT2D eigenvalue weighted by atomic mass is 10.1. The lowest BCUT2D eigenvalue weighted by Gasteiger charge is -2.23. The van der Waals surface area contributed by atoms with Crippen molar-refractivity contribution >= 4 is 27.3 Å². The molecular weight excluding hydrogens is 501 g/mol. The second-order valence-electron chi connectivity index (χ2n) is 8.08. The predicted octanol–water partition coefficient (Wildman–Crippen LogP) is 4.82. The van der Waals surface area contributed by atoms with Gasteiger partial charge in [0.2, 0.25) is 15.9 Å². The topological polar surface area (TPSA) is 75.7 Å². The Labute approximate surface area is 205 Å². The normalized spacial score (nSPS) is 16.8. The first-order valence-electron chi connectivity index (χ1n) is 10.8. The van der Waals surface area contributed by atoms with Crippen molar-refractivity contribution in [3.63, 3.8) is 0 Å².